The third-order valence-corrected chi connectivity index (χ3v) is 3.88. The number of hydrogen-bond acceptors (Lipinski definition) is 4. The maximum atomic E-state index is 13.3. The number of amides is 2. The molecule has 0 spiro atoms. The van der Waals surface area contributed by atoms with E-state index in [0.717, 1.165) is 18.2 Å². The molecule has 2 amide bonds. The average molecular weight is 315 g/mol. The first-order valence-electron chi connectivity index (χ1n) is 6.17. The average Bonchev–Trinajstić information content (AvgIpc) is 2.73. The highest BCUT2D eigenvalue weighted by Gasteiger charge is 2.22. The summed E-state index contributed by atoms with van der Waals surface area (Å²) >= 11 is 0. The molecule has 1 fully saturated rings. The fraction of sp³-hybridized carbons (Fsp3) is 0.333. The molecule has 1 aliphatic heterocycles. The molecule has 0 radical (unpaired) electrons. The Morgan fingerprint density at radius 3 is 2.67 bits per heavy atom. The van der Waals surface area contributed by atoms with Gasteiger partial charge in [-0.05, 0) is 24.6 Å². The number of rotatable bonds is 4. The van der Waals surface area contributed by atoms with E-state index >= 15 is 0 Å². The third kappa shape index (κ3) is 3.99. The van der Waals surface area contributed by atoms with Gasteiger partial charge in [-0.3, -0.25) is 9.59 Å². The predicted molar refractivity (Wildman–Crippen MR) is 72.2 cm³/mol. The number of nitrogens with zero attached hydrogens (tertiary/aromatic N) is 1. The van der Waals surface area contributed by atoms with E-state index in [1.165, 1.54) is 4.90 Å². The van der Waals surface area contributed by atoms with Gasteiger partial charge in [-0.25, -0.2) is 17.9 Å². The first-order valence-corrected chi connectivity index (χ1v) is 7.71. The number of likely N-dealkylation sites (tertiary alicyclic amines) is 1. The van der Waals surface area contributed by atoms with Gasteiger partial charge in [-0.1, -0.05) is 0 Å². The van der Waals surface area contributed by atoms with Crippen LogP contribution in [0.3, 0.4) is 0 Å². The largest absolute Gasteiger partial charge is 0.333 e. The van der Waals surface area contributed by atoms with Gasteiger partial charge in [-0.15, -0.1) is 0 Å². The summed E-state index contributed by atoms with van der Waals surface area (Å²) in [4.78, 5) is 24.1. The summed E-state index contributed by atoms with van der Waals surface area (Å²) in [5, 5.41) is 7.27. The molecule has 0 bridgehead atoms. The Balaban J connectivity index is 2.10. The topological polar surface area (TPSA) is 110 Å². The number of benzene rings is 1. The van der Waals surface area contributed by atoms with E-state index in [1.807, 2.05) is 0 Å². The molecule has 0 unspecified atom stereocenters. The van der Waals surface area contributed by atoms with Crippen LogP contribution in [0.2, 0.25) is 0 Å². The Bertz CT molecular complexity index is 690. The number of nitrogens with two attached hydrogens (primary N) is 1. The van der Waals surface area contributed by atoms with Crippen LogP contribution < -0.4 is 10.5 Å². The quantitative estimate of drug-likeness (QED) is 0.817. The molecule has 0 aromatic heterocycles. The zero-order valence-corrected chi connectivity index (χ0v) is 11.8. The van der Waals surface area contributed by atoms with Crippen molar-refractivity contribution in [3.63, 3.8) is 0 Å². The number of anilines is 1. The van der Waals surface area contributed by atoms with E-state index in [1.54, 1.807) is 0 Å². The van der Waals surface area contributed by atoms with Gasteiger partial charge in [0.15, 0.2) is 0 Å². The Labute approximate surface area is 121 Å². The second kappa shape index (κ2) is 5.78. The second-order valence-corrected chi connectivity index (χ2v) is 6.25. The van der Waals surface area contributed by atoms with Crippen molar-refractivity contribution in [2.24, 2.45) is 5.14 Å². The van der Waals surface area contributed by atoms with E-state index in [4.69, 9.17) is 5.14 Å². The van der Waals surface area contributed by atoms with Gasteiger partial charge >= 0.3 is 0 Å². The van der Waals surface area contributed by atoms with Gasteiger partial charge in [0.25, 0.3) is 0 Å². The van der Waals surface area contributed by atoms with Gasteiger partial charge < -0.3 is 10.2 Å². The lowest BCUT2D eigenvalue weighted by Gasteiger charge is -2.15. The number of carbonyl (C=O) groups is 2. The standard InChI is InChI=1S/C12H14FN3O4S/c13-8-4-9(6-10(5-8)21(14,19)20)15-11(17)7-16-3-1-2-12(16)18/h4-6H,1-3,7H2,(H,15,17)(H2,14,19,20). The highest BCUT2D eigenvalue weighted by molar-refractivity contribution is 7.89. The number of sulfonamides is 1. The molecule has 1 aromatic rings. The van der Waals surface area contributed by atoms with Crippen molar-refractivity contribution >= 4 is 27.5 Å². The molecule has 0 saturated carbocycles. The van der Waals surface area contributed by atoms with Crippen LogP contribution in [0.5, 0.6) is 0 Å². The molecule has 114 valence electrons. The number of nitrogens with one attached hydrogen (secondary N) is 1. The highest BCUT2D eigenvalue weighted by Crippen LogP contribution is 2.17. The lowest BCUT2D eigenvalue weighted by atomic mass is 10.3. The maximum absolute atomic E-state index is 13.3. The molecule has 1 saturated heterocycles. The van der Waals surface area contributed by atoms with Crippen molar-refractivity contribution in [3.05, 3.63) is 24.0 Å². The zero-order valence-electron chi connectivity index (χ0n) is 11.0. The van der Waals surface area contributed by atoms with Gasteiger partial charge in [0.2, 0.25) is 21.8 Å². The fourth-order valence-corrected chi connectivity index (χ4v) is 2.61. The number of primary sulfonamides is 1. The summed E-state index contributed by atoms with van der Waals surface area (Å²) in [5.41, 5.74) is -0.0318. The number of carbonyl (C=O) groups excluding carboxylic acids is 2. The van der Waals surface area contributed by atoms with Crippen LogP contribution in [-0.4, -0.2) is 38.2 Å². The van der Waals surface area contributed by atoms with Crippen molar-refractivity contribution in [1.82, 2.24) is 4.90 Å². The first-order chi connectivity index (χ1) is 9.75. The normalized spacial score (nSPS) is 15.3. The van der Waals surface area contributed by atoms with Crippen LogP contribution >= 0.6 is 0 Å². The van der Waals surface area contributed by atoms with Crippen LogP contribution in [0.1, 0.15) is 12.8 Å². The minimum atomic E-state index is -4.07. The summed E-state index contributed by atoms with van der Waals surface area (Å²) in [7, 11) is -4.07. The first kappa shape index (κ1) is 15.4. The zero-order chi connectivity index (χ0) is 15.6. The molecule has 7 nitrogen and oxygen atoms in total. The summed E-state index contributed by atoms with van der Waals surface area (Å²) in [6.45, 7) is 0.345. The molecule has 21 heavy (non-hydrogen) atoms. The van der Waals surface area contributed by atoms with E-state index < -0.39 is 26.6 Å². The number of halogens is 1. The maximum Gasteiger partial charge on any atom is 0.243 e. The SMILES string of the molecule is NS(=O)(=O)c1cc(F)cc(NC(=O)CN2CCCC2=O)c1. The van der Waals surface area contributed by atoms with Crippen LogP contribution in [0, 0.1) is 5.82 Å². The summed E-state index contributed by atoms with van der Waals surface area (Å²) in [6.07, 6.45) is 1.10. The van der Waals surface area contributed by atoms with E-state index in [-0.39, 0.29) is 18.1 Å². The van der Waals surface area contributed by atoms with Crippen molar-refractivity contribution < 1.29 is 22.4 Å². The van der Waals surface area contributed by atoms with Gasteiger partial charge in [0.1, 0.15) is 5.82 Å². The van der Waals surface area contributed by atoms with Crippen molar-refractivity contribution in [2.45, 2.75) is 17.7 Å². The molecule has 3 N–H and O–H groups in total. The monoisotopic (exact) mass is 315 g/mol. The summed E-state index contributed by atoms with van der Waals surface area (Å²) in [5.74, 6) is -1.49. The molecule has 0 aliphatic carbocycles. The molecular formula is C12H14FN3O4S. The minimum absolute atomic E-state index is 0.0318. The van der Waals surface area contributed by atoms with E-state index in [0.29, 0.717) is 19.4 Å². The third-order valence-electron chi connectivity index (χ3n) is 2.99. The Morgan fingerprint density at radius 1 is 1.38 bits per heavy atom. The molecule has 9 heteroatoms. The van der Waals surface area contributed by atoms with Crippen molar-refractivity contribution in [1.29, 1.82) is 0 Å². The lowest BCUT2D eigenvalue weighted by molar-refractivity contribution is -0.131. The number of hydrogen-bond donors (Lipinski definition) is 2. The summed E-state index contributed by atoms with van der Waals surface area (Å²) in [6, 6.07) is 2.79. The van der Waals surface area contributed by atoms with Gasteiger partial charge in [0, 0.05) is 18.7 Å². The van der Waals surface area contributed by atoms with Crippen LogP contribution in [0.4, 0.5) is 10.1 Å². The fourth-order valence-electron chi connectivity index (χ4n) is 2.04. The van der Waals surface area contributed by atoms with Gasteiger partial charge in [-0.2, -0.15) is 0 Å². The van der Waals surface area contributed by atoms with Crippen LogP contribution in [-0.2, 0) is 19.6 Å². The molecule has 2 rings (SSSR count). The highest BCUT2D eigenvalue weighted by atomic mass is 32.2. The smallest absolute Gasteiger partial charge is 0.243 e. The molecule has 1 aromatic carbocycles. The molecule has 1 aliphatic rings. The van der Waals surface area contributed by atoms with Gasteiger partial charge in [0.05, 0.1) is 11.4 Å². The second-order valence-electron chi connectivity index (χ2n) is 4.69. The lowest BCUT2D eigenvalue weighted by Crippen LogP contribution is -2.34. The summed E-state index contributed by atoms with van der Waals surface area (Å²) < 4.78 is 35.7. The van der Waals surface area contributed by atoms with E-state index in [9.17, 15) is 22.4 Å². The van der Waals surface area contributed by atoms with Crippen LogP contribution in [0.15, 0.2) is 23.1 Å². The van der Waals surface area contributed by atoms with Crippen LogP contribution in [0.25, 0.3) is 0 Å². The molecule has 1 heterocycles. The molecule has 0 atom stereocenters. The van der Waals surface area contributed by atoms with Crippen molar-refractivity contribution in [2.75, 3.05) is 18.4 Å². The predicted octanol–water partition coefficient (Wildman–Crippen LogP) is 0.0340. The molecular weight excluding hydrogens is 301 g/mol. The van der Waals surface area contributed by atoms with E-state index in [2.05, 4.69) is 5.32 Å². The van der Waals surface area contributed by atoms with Crippen molar-refractivity contribution in [3.8, 4) is 0 Å². The Kier molecular flexibility index (Phi) is 4.24. The Morgan fingerprint density at radius 2 is 2.10 bits per heavy atom. The minimum Gasteiger partial charge on any atom is -0.333 e. The Hall–Kier alpha value is -2.00.